The minimum Gasteiger partial charge on any atom is -0.441 e. The van der Waals surface area contributed by atoms with Crippen LogP contribution in [0.2, 0.25) is 0 Å². The molecule has 0 aliphatic rings. The number of carbonyl (C=O) groups is 4. The molecule has 0 aromatic heterocycles. The van der Waals surface area contributed by atoms with Gasteiger partial charge in [-0.3, -0.25) is 9.59 Å². The van der Waals surface area contributed by atoms with E-state index in [9.17, 15) is 19.2 Å². The maximum Gasteiger partial charge on any atom is 0.418 e. The summed E-state index contributed by atoms with van der Waals surface area (Å²) in [4.78, 5) is 47.8. The zero-order chi connectivity index (χ0) is 20.4. The van der Waals surface area contributed by atoms with Crippen LogP contribution >= 0.6 is 0 Å². The molecule has 0 aromatic rings. The first-order valence-corrected chi connectivity index (χ1v) is 8.41. The predicted octanol–water partition coefficient (Wildman–Crippen LogP) is -1.44. The lowest BCUT2D eigenvalue weighted by Gasteiger charge is -2.26. The van der Waals surface area contributed by atoms with Gasteiger partial charge in [0.2, 0.25) is 0 Å². The molecule has 10 heteroatoms. The molecule has 6 N–H and O–H groups in total. The number of amides is 2. The molecule has 0 unspecified atom stereocenters. The quantitative estimate of drug-likeness (QED) is 0.205. The Kier molecular flexibility index (Phi) is 9.81. The molecule has 0 rings (SSSR count). The van der Waals surface area contributed by atoms with Crippen molar-refractivity contribution in [3.8, 4) is 0 Å². The Labute approximate surface area is 153 Å². The molecular formula is C16H30N4O6. The Morgan fingerprint density at radius 1 is 0.731 bits per heavy atom. The van der Waals surface area contributed by atoms with Crippen LogP contribution in [0.5, 0.6) is 0 Å². The number of esters is 2. The van der Waals surface area contributed by atoms with Crippen LogP contribution < -0.4 is 22.1 Å². The van der Waals surface area contributed by atoms with Gasteiger partial charge in [-0.05, 0) is 53.6 Å². The summed E-state index contributed by atoms with van der Waals surface area (Å²) >= 11 is 0. The molecule has 26 heavy (non-hydrogen) atoms. The summed E-state index contributed by atoms with van der Waals surface area (Å²) in [6, 6.07) is 0. The van der Waals surface area contributed by atoms with Crippen molar-refractivity contribution >= 4 is 23.8 Å². The van der Waals surface area contributed by atoms with E-state index >= 15 is 0 Å². The highest BCUT2D eigenvalue weighted by molar-refractivity contribution is 6.30. The number of nitrogens with one attached hydrogen (secondary N) is 2. The fraction of sp³-hybridized carbons (Fsp3) is 0.750. The van der Waals surface area contributed by atoms with E-state index < -0.39 is 35.0 Å². The van der Waals surface area contributed by atoms with Crippen LogP contribution in [-0.4, -0.2) is 61.1 Å². The minimum absolute atomic E-state index is 0.316. The Balaban J connectivity index is 4.67. The highest BCUT2D eigenvalue weighted by Gasteiger charge is 2.39. The van der Waals surface area contributed by atoms with Crippen molar-refractivity contribution in [2.75, 3.05) is 26.2 Å². The van der Waals surface area contributed by atoms with E-state index in [0.29, 0.717) is 39.0 Å². The molecule has 0 bridgehead atoms. The van der Waals surface area contributed by atoms with Gasteiger partial charge in [0.25, 0.3) is 11.8 Å². The van der Waals surface area contributed by atoms with Crippen LogP contribution in [-0.2, 0) is 28.7 Å². The van der Waals surface area contributed by atoms with Crippen molar-refractivity contribution in [1.82, 2.24) is 10.6 Å². The summed E-state index contributed by atoms with van der Waals surface area (Å²) in [5, 5.41) is 5.08. The summed E-state index contributed by atoms with van der Waals surface area (Å²) in [7, 11) is 0. The average molecular weight is 374 g/mol. The molecule has 0 saturated carbocycles. The maximum absolute atomic E-state index is 12.0. The lowest BCUT2D eigenvalue weighted by Crippen LogP contribution is -2.50. The molecule has 0 fully saturated rings. The van der Waals surface area contributed by atoms with Crippen LogP contribution in [0.15, 0.2) is 0 Å². The third-order valence-electron chi connectivity index (χ3n) is 3.29. The van der Waals surface area contributed by atoms with E-state index in [4.69, 9.17) is 20.9 Å². The minimum atomic E-state index is -1.59. The normalized spacial score (nSPS) is 11.5. The second-order valence-corrected chi connectivity index (χ2v) is 6.60. The monoisotopic (exact) mass is 374 g/mol. The summed E-state index contributed by atoms with van der Waals surface area (Å²) in [6.07, 6.45) is 1.12. The largest absolute Gasteiger partial charge is 0.441 e. The van der Waals surface area contributed by atoms with Crippen LogP contribution in [0.1, 0.15) is 40.5 Å². The van der Waals surface area contributed by atoms with Crippen LogP contribution in [0.3, 0.4) is 0 Å². The fourth-order valence-electron chi connectivity index (χ4n) is 1.67. The van der Waals surface area contributed by atoms with Crippen molar-refractivity contribution < 1.29 is 28.7 Å². The third-order valence-corrected chi connectivity index (χ3v) is 3.29. The highest BCUT2D eigenvalue weighted by Crippen LogP contribution is 2.14. The van der Waals surface area contributed by atoms with Crippen molar-refractivity contribution in [2.45, 2.75) is 51.7 Å². The van der Waals surface area contributed by atoms with Crippen molar-refractivity contribution in [3.05, 3.63) is 0 Å². The first-order chi connectivity index (χ1) is 12.0. The van der Waals surface area contributed by atoms with E-state index in [-0.39, 0.29) is 0 Å². The zero-order valence-electron chi connectivity index (χ0n) is 15.8. The summed E-state index contributed by atoms with van der Waals surface area (Å²) < 4.78 is 9.82. The predicted molar refractivity (Wildman–Crippen MR) is 93.7 cm³/mol. The lowest BCUT2D eigenvalue weighted by molar-refractivity contribution is -0.185. The molecule has 0 saturated heterocycles. The molecule has 10 nitrogen and oxygen atoms in total. The second-order valence-electron chi connectivity index (χ2n) is 6.60. The highest BCUT2D eigenvalue weighted by atomic mass is 16.6. The SMILES string of the molecule is CC(C)(OC(=O)C(=O)OC(C)(C)C(=O)NCCCN)C(=O)NCCCN. The second kappa shape index (κ2) is 10.7. The van der Waals surface area contributed by atoms with Gasteiger partial charge >= 0.3 is 11.9 Å². The van der Waals surface area contributed by atoms with E-state index in [0.717, 1.165) is 0 Å². The smallest absolute Gasteiger partial charge is 0.418 e. The van der Waals surface area contributed by atoms with Crippen LogP contribution in [0.25, 0.3) is 0 Å². The van der Waals surface area contributed by atoms with Gasteiger partial charge in [-0.1, -0.05) is 0 Å². The lowest BCUT2D eigenvalue weighted by atomic mass is 10.1. The number of hydrogen-bond acceptors (Lipinski definition) is 8. The number of ether oxygens (including phenoxy) is 2. The van der Waals surface area contributed by atoms with Gasteiger partial charge in [0.1, 0.15) is 0 Å². The number of carbonyl (C=O) groups excluding carboxylic acids is 4. The van der Waals surface area contributed by atoms with Gasteiger partial charge in [-0.15, -0.1) is 0 Å². The van der Waals surface area contributed by atoms with Gasteiger partial charge in [-0.25, -0.2) is 9.59 Å². The molecule has 0 radical (unpaired) electrons. The Morgan fingerprint density at radius 3 is 1.31 bits per heavy atom. The van der Waals surface area contributed by atoms with Gasteiger partial charge < -0.3 is 31.6 Å². The number of rotatable bonds is 10. The first-order valence-electron chi connectivity index (χ1n) is 8.41. The van der Waals surface area contributed by atoms with Gasteiger partial charge in [-0.2, -0.15) is 0 Å². The molecule has 150 valence electrons. The van der Waals surface area contributed by atoms with Crippen molar-refractivity contribution in [2.24, 2.45) is 11.5 Å². The molecular weight excluding hydrogens is 344 g/mol. The maximum atomic E-state index is 12.0. The molecule has 0 aliphatic heterocycles. The van der Waals surface area contributed by atoms with Crippen LogP contribution in [0.4, 0.5) is 0 Å². The summed E-state index contributed by atoms with van der Waals surface area (Å²) in [6.45, 7) is 6.76. The van der Waals surface area contributed by atoms with E-state index in [2.05, 4.69) is 10.6 Å². The zero-order valence-corrected chi connectivity index (χ0v) is 15.8. The summed E-state index contributed by atoms with van der Waals surface area (Å²) in [5.74, 6) is -3.89. The van der Waals surface area contributed by atoms with Gasteiger partial charge in [0.15, 0.2) is 11.2 Å². The molecule has 0 spiro atoms. The first kappa shape index (κ1) is 23.8. The molecule has 0 heterocycles. The molecule has 0 atom stereocenters. The van der Waals surface area contributed by atoms with E-state index in [1.807, 2.05) is 0 Å². The fourth-order valence-corrected chi connectivity index (χ4v) is 1.67. The van der Waals surface area contributed by atoms with Crippen LogP contribution in [0, 0.1) is 0 Å². The number of nitrogens with two attached hydrogens (primary N) is 2. The average Bonchev–Trinajstić information content (AvgIpc) is 2.54. The number of hydrogen-bond donors (Lipinski definition) is 4. The Bertz CT molecular complexity index is 473. The van der Waals surface area contributed by atoms with Gasteiger partial charge in [0, 0.05) is 13.1 Å². The molecule has 0 aromatic carbocycles. The van der Waals surface area contributed by atoms with E-state index in [1.54, 1.807) is 0 Å². The summed E-state index contributed by atoms with van der Waals surface area (Å²) in [5.41, 5.74) is 7.49. The van der Waals surface area contributed by atoms with E-state index in [1.165, 1.54) is 27.7 Å². The standard InChI is InChI=1S/C16H30N4O6/c1-15(2,13(23)19-9-5-7-17)25-11(21)12(22)26-16(3,4)14(24)20-10-6-8-18/h5-10,17-18H2,1-4H3,(H,19,23)(H,20,24). The Morgan fingerprint density at radius 2 is 1.04 bits per heavy atom. The van der Waals surface area contributed by atoms with Crippen molar-refractivity contribution in [3.63, 3.8) is 0 Å². The third kappa shape index (κ3) is 8.26. The van der Waals surface area contributed by atoms with Gasteiger partial charge in [0.05, 0.1) is 0 Å². The topological polar surface area (TPSA) is 163 Å². The van der Waals surface area contributed by atoms with Crippen molar-refractivity contribution in [1.29, 1.82) is 0 Å². The molecule has 0 aliphatic carbocycles. The Hall–Kier alpha value is -2.20. The molecule has 2 amide bonds.